The van der Waals surface area contributed by atoms with E-state index < -0.39 is 42.3 Å². The fraction of sp³-hybridized carbons (Fsp3) is 0.596. The van der Waals surface area contributed by atoms with Gasteiger partial charge in [-0.05, 0) is 61.8 Å². The molecule has 1 unspecified atom stereocenters. The minimum Gasteiger partial charge on any atom is -0.464 e. The number of piperazine rings is 1. The Labute approximate surface area is 385 Å². The zero-order valence-corrected chi connectivity index (χ0v) is 38.5. The highest BCUT2D eigenvalue weighted by Crippen LogP contribution is 2.51. The highest BCUT2D eigenvalue weighted by Gasteiger charge is 2.58. The molecule has 2 N–H and O–H groups in total. The summed E-state index contributed by atoms with van der Waals surface area (Å²) in [7, 11) is 1.56. The lowest BCUT2D eigenvalue weighted by Crippen LogP contribution is -2.60. The second-order valence-electron chi connectivity index (χ2n) is 19.5. The van der Waals surface area contributed by atoms with Gasteiger partial charge in [0.05, 0.1) is 79.2 Å². The van der Waals surface area contributed by atoms with Crippen LogP contribution in [0.25, 0.3) is 33.4 Å². The largest absolute Gasteiger partial charge is 0.464 e. The molecule has 2 amide bonds. The number of carbonyl (C=O) groups is 3. The maximum absolute atomic E-state index is 15.0. The number of morpholine rings is 1. The number of ether oxygens (including phenoxy) is 4. The van der Waals surface area contributed by atoms with Gasteiger partial charge in [-0.15, -0.1) is 11.3 Å². The molecule has 0 spiro atoms. The normalized spacial score (nSPS) is 27.5. The quantitative estimate of drug-likeness (QED) is 0.236. The predicted molar refractivity (Wildman–Crippen MR) is 239 cm³/mol. The van der Waals surface area contributed by atoms with Gasteiger partial charge in [0.15, 0.2) is 0 Å². The number of nitrogens with one attached hydrogen (secondary N) is 2. The summed E-state index contributed by atoms with van der Waals surface area (Å²) in [6.45, 7) is 10.1. The van der Waals surface area contributed by atoms with Gasteiger partial charge >= 0.3 is 12.1 Å². The van der Waals surface area contributed by atoms with E-state index in [4.69, 9.17) is 28.9 Å². The van der Waals surface area contributed by atoms with E-state index in [2.05, 4.69) is 20.5 Å². The standard InChI is InChI=1S/C47H57F3N8O7S/c1-26(62-4)41-31(15-28(18-51-41)56-11-10-55-12-13-63-20-29(55)19-56)42-32-17-46(2,3)25-65-45(61)35-6-5-9-58(54-35)44(60)36(53-43(59)40-33-21-64-22-34(33)40)16-39-52-37(23-66-39)27-7-8-38(30(32)14-27)57(42)24-47(48,49)50/h7-8,14-15,18,23,26,29,33-36,40,54H,5-6,9-13,16-17,19-22,24-25H2,1-4H3,(H,53,59)/t26-,29-,33-,34+,35-,36-,40?/m0/s1. The van der Waals surface area contributed by atoms with Crippen molar-refractivity contribution < 1.29 is 46.5 Å². The van der Waals surface area contributed by atoms with Crippen LogP contribution in [-0.2, 0) is 52.7 Å². The summed E-state index contributed by atoms with van der Waals surface area (Å²) in [4.78, 5) is 56.4. The Bertz CT molecular complexity index is 2500. The van der Waals surface area contributed by atoms with Gasteiger partial charge in [0.25, 0.3) is 5.91 Å². The molecule has 3 aromatic heterocycles. The van der Waals surface area contributed by atoms with Gasteiger partial charge in [-0.1, -0.05) is 19.9 Å². The number of benzene rings is 1. The van der Waals surface area contributed by atoms with Crippen LogP contribution in [0, 0.1) is 23.2 Å². The molecule has 4 saturated heterocycles. The Morgan fingerprint density at radius 1 is 1.09 bits per heavy atom. The number of halogens is 3. The lowest BCUT2D eigenvalue weighted by atomic mass is 9.84. The number of rotatable bonds is 7. The average Bonchev–Trinajstić information content (AvgIpc) is 3.61. The monoisotopic (exact) mass is 934 g/mol. The molecule has 1 aromatic carbocycles. The highest BCUT2D eigenvalue weighted by molar-refractivity contribution is 7.10. The van der Waals surface area contributed by atoms with Gasteiger partial charge in [0.1, 0.15) is 18.6 Å². The van der Waals surface area contributed by atoms with Crippen LogP contribution in [0.15, 0.2) is 35.8 Å². The SMILES string of the molecule is CO[C@@H](C)c1ncc(N2CCN3CCOC[C@@H]3C2)cc1-c1c2c3cc(ccc3n1CC(F)(F)F)-c1csc(n1)C[C@H](NC(=O)C1[C@H]3COC[C@@H]13)C(=O)N1CCC[C@H](N1)C(=O)OCC(C)(C)C2. The maximum Gasteiger partial charge on any atom is 0.406 e. The van der Waals surface area contributed by atoms with E-state index in [1.54, 1.807) is 25.4 Å². The number of esters is 1. The number of aromatic nitrogens is 3. The smallest absolute Gasteiger partial charge is 0.406 e. The van der Waals surface area contributed by atoms with Gasteiger partial charge in [0, 0.05) is 85.0 Å². The van der Waals surface area contributed by atoms with Crippen molar-refractivity contribution in [2.45, 2.75) is 83.4 Å². The number of amides is 2. The Kier molecular flexibility index (Phi) is 12.2. The Hall–Kier alpha value is -4.66. The molecule has 5 aliphatic heterocycles. The number of fused-ring (bicyclic) bond motifs is 8. The number of hydrazine groups is 1. The van der Waals surface area contributed by atoms with Gasteiger partial charge in [0.2, 0.25) is 5.91 Å². The van der Waals surface area contributed by atoms with Crippen molar-refractivity contribution in [3.63, 3.8) is 0 Å². The summed E-state index contributed by atoms with van der Waals surface area (Å²) in [5.41, 5.74) is 6.78. The summed E-state index contributed by atoms with van der Waals surface area (Å²) in [5.74, 6) is -1.08. The van der Waals surface area contributed by atoms with Gasteiger partial charge in [-0.2, -0.15) is 13.2 Å². The Morgan fingerprint density at radius 3 is 2.70 bits per heavy atom. The number of carbonyl (C=O) groups excluding carboxylic acids is 3. The Balaban J connectivity index is 1.10. The van der Waals surface area contributed by atoms with Gasteiger partial charge in [-0.25, -0.2) is 10.4 Å². The first-order valence-corrected chi connectivity index (χ1v) is 23.9. The van der Waals surface area contributed by atoms with Crippen LogP contribution in [-0.4, -0.2) is 139 Å². The van der Waals surface area contributed by atoms with Crippen LogP contribution in [0.3, 0.4) is 0 Å². The fourth-order valence-corrected chi connectivity index (χ4v) is 11.5. The third-order valence-electron chi connectivity index (χ3n) is 14.3. The summed E-state index contributed by atoms with van der Waals surface area (Å²) in [6, 6.07) is 5.72. The molecule has 10 rings (SSSR count). The van der Waals surface area contributed by atoms with Crippen molar-refractivity contribution in [1.82, 2.24) is 35.2 Å². The van der Waals surface area contributed by atoms with E-state index in [1.807, 2.05) is 38.3 Å². The van der Waals surface area contributed by atoms with Crippen LogP contribution in [0.5, 0.6) is 0 Å². The number of thiazole rings is 1. The summed E-state index contributed by atoms with van der Waals surface area (Å²) >= 11 is 1.34. The van der Waals surface area contributed by atoms with Crippen LogP contribution in [0.2, 0.25) is 0 Å². The number of alkyl halides is 3. The first kappa shape index (κ1) is 45.1. The number of pyridine rings is 1. The van der Waals surface area contributed by atoms with Gasteiger partial charge < -0.3 is 33.7 Å². The number of hydrogen-bond acceptors (Lipinski definition) is 13. The lowest BCUT2D eigenvalue weighted by molar-refractivity contribution is -0.155. The van der Waals surface area contributed by atoms with Crippen molar-refractivity contribution in [2.24, 2.45) is 23.2 Å². The van der Waals surface area contributed by atoms with E-state index in [0.29, 0.717) is 102 Å². The van der Waals surface area contributed by atoms with Crippen LogP contribution in [0.4, 0.5) is 18.9 Å². The van der Waals surface area contributed by atoms with E-state index in [9.17, 15) is 14.4 Å². The molecule has 66 heavy (non-hydrogen) atoms. The molecule has 4 aromatic rings. The summed E-state index contributed by atoms with van der Waals surface area (Å²) < 4.78 is 69.6. The summed E-state index contributed by atoms with van der Waals surface area (Å²) in [6.07, 6.45) is -2.10. The molecule has 0 radical (unpaired) electrons. The van der Waals surface area contributed by atoms with Crippen molar-refractivity contribution in [1.29, 1.82) is 0 Å². The van der Waals surface area contributed by atoms with E-state index in [-0.39, 0.29) is 55.1 Å². The molecule has 1 aliphatic carbocycles. The van der Waals surface area contributed by atoms with Crippen molar-refractivity contribution in [3.05, 3.63) is 52.1 Å². The fourth-order valence-electron chi connectivity index (χ4n) is 10.7. The second-order valence-corrected chi connectivity index (χ2v) is 20.5. The summed E-state index contributed by atoms with van der Waals surface area (Å²) in [5, 5.41) is 7.51. The highest BCUT2D eigenvalue weighted by atomic mass is 32.1. The van der Waals surface area contributed by atoms with E-state index in [0.717, 1.165) is 25.3 Å². The van der Waals surface area contributed by atoms with E-state index >= 15 is 13.2 Å². The zero-order valence-electron chi connectivity index (χ0n) is 37.7. The van der Waals surface area contributed by atoms with Crippen molar-refractivity contribution >= 4 is 45.7 Å². The molecule has 1 saturated carbocycles. The molecule has 7 atom stereocenters. The molecule has 8 heterocycles. The number of methoxy groups -OCH3 is 1. The second kappa shape index (κ2) is 17.8. The first-order chi connectivity index (χ1) is 31.6. The molecule has 19 heteroatoms. The van der Waals surface area contributed by atoms with Gasteiger partial charge in [-0.3, -0.25) is 29.3 Å². The topological polar surface area (TPSA) is 153 Å². The first-order valence-electron chi connectivity index (χ1n) is 23.0. The Morgan fingerprint density at radius 2 is 1.91 bits per heavy atom. The minimum atomic E-state index is -4.59. The number of anilines is 1. The number of cyclic esters (lactones) is 1. The third kappa shape index (κ3) is 8.94. The molecular formula is C47H57F3N8O7S. The molecule has 6 bridgehead atoms. The van der Waals surface area contributed by atoms with E-state index in [1.165, 1.54) is 20.9 Å². The van der Waals surface area contributed by atoms with Crippen molar-refractivity contribution in [2.75, 3.05) is 77.8 Å². The predicted octanol–water partition coefficient (Wildman–Crippen LogP) is 5.16. The lowest BCUT2D eigenvalue weighted by Gasteiger charge is -2.44. The van der Waals surface area contributed by atoms with Crippen LogP contribution in [0.1, 0.15) is 56.0 Å². The number of nitrogens with zero attached hydrogens (tertiary/aromatic N) is 6. The maximum atomic E-state index is 15.0. The zero-order chi connectivity index (χ0) is 46.1. The molecule has 354 valence electrons. The number of hydrogen-bond donors (Lipinski definition) is 2. The minimum absolute atomic E-state index is 0.0576. The average molecular weight is 935 g/mol. The molecular weight excluding hydrogens is 878 g/mol. The van der Waals surface area contributed by atoms with Crippen LogP contribution >= 0.6 is 11.3 Å². The molecule has 15 nitrogen and oxygen atoms in total. The van der Waals surface area contributed by atoms with Crippen molar-refractivity contribution in [3.8, 4) is 22.5 Å². The van der Waals surface area contributed by atoms with Crippen LogP contribution < -0.4 is 15.6 Å². The third-order valence-corrected chi connectivity index (χ3v) is 15.2. The molecule has 5 fully saturated rings. The molecule has 6 aliphatic rings.